The number of hydrogen-bond acceptors (Lipinski definition) is 2. The molecular formula is C10H12O2. The number of aryl methyl sites for hydroxylation is 1. The van der Waals surface area contributed by atoms with Gasteiger partial charge in [-0.1, -0.05) is 18.2 Å². The number of hydrogen-bond donors (Lipinski definition) is 0. The molecule has 0 fully saturated rings. The summed E-state index contributed by atoms with van der Waals surface area (Å²) in [5, 5.41) is 0. The summed E-state index contributed by atoms with van der Waals surface area (Å²) in [5.74, 6) is 0. The molecule has 0 aliphatic rings. The van der Waals surface area contributed by atoms with Crippen molar-refractivity contribution >= 4 is 6.29 Å². The van der Waals surface area contributed by atoms with Gasteiger partial charge in [0.05, 0.1) is 6.61 Å². The van der Waals surface area contributed by atoms with Crippen LogP contribution in [0.3, 0.4) is 0 Å². The van der Waals surface area contributed by atoms with Crippen molar-refractivity contribution in [3.05, 3.63) is 34.9 Å². The summed E-state index contributed by atoms with van der Waals surface area (Å²) in [7, 11) is 1.62. The minimum atomic E-state index is 0.496. The molecule has 12 heavy (non-hydrogen) atoms. The molecule has 0 amide bonds. The summed E-state index contributed by atoms with van der Waals surface area (Å²) >= 11 is 0. The summed E-state index contributed by atoms with van der Waals surface area (Å²) in [6.45, 7) is 2.42. The Morgan fingerprint density at radius 1 is 1.50 bits per heavy atom. The maximum absolute atomic E-state index is 10.7. The highest BCUT2D eigenvalue weighted by Crippen LogP contribution is 2.12. The minimum absolute atomic E-state index is 0.496. The zero-order chi connectivity index (χ0) is 8.97. The van der Waals surface area contributed by atoms with Crippen LogP contribution in [0.5, 0.6) is 0 Å². The van der Waals surface area contributed by atoms with E-state index in [1.165, 1.54) is 0 Å². The summed E-state index contributed by atoms with van der Waals surface area (Å²) in [4.78, 5) is 10.7. The number of carbonyl (C=O) groups excluding carboxylic acids is 1. The van der Waals surface area contributed by atoms with E-state index in [9.17, 15) is 4.79 Å². The van der Waals surface area contributed by atoms with Crippen molar-refractivity contribution in [3.8, 4) is 0 Å². The number of benzene rings is 1. The van der Waals surface area contributed by atoms with Crippen LogP contribution in [-0.2, 0) is 11.3 Å². The van der Waals surface area contributed by atoms with E-state index >= 15 is 0 Å². The summed E-state index contributed by atoms with van der Waals surface area (Å²) < 4.78 is 4.97. The van der Waals surface area contributed by atoms with E-state index in [-0.39, 0.29) is 0 Å². The Bertz CT molecular complexity index is 279. The first-order valence-electron chi connectivity index (χ1n) is 3.82. The number of rotatable bonds is 3. The highest BCUT2D eigenvalue weighted by atomic mass is 16.5. The van der Waals surface area contributed by atoms with E-state index in [1.807, 2.05) is 25.1 Å². The predicted octanol–water partition coefficient (Wildman–Crippen LogP) is 1.95. The van der Waals surface area contributed by atoms with Gasteiger partial charge in [-0.05, 0) is 18.1 Å². The second kappa shape index (κ2) is 4.02. The molecule has 0 aliphatic heterocycles. The molecule has 64 valence electrons. The molecule has 0 aromatic heterocycles. The highest BCUT2D eigenvalue weighted by molar-refractivity contribution is 5.79. The second-order valence-corrected chi connectivity index (χ2v) is 2.70. The lowest BCUT2D eigenvalue weighted by Gasteiger charge is -2.05. The van der Waals surface area contributed by atoms with E-state index in [0.29, 0.717) is 6.61 Å². The number of aldehydes is 1. The fourth-order valence-electron chi connectivity index (χ4n) is 1.19. The van der Waals surface area contributed by atoms with Gasteiger partial charge in [0, 0.05) is 12.7 Å². The van der Waals surface area contributed by atoms with E-state index in [4.69, 9.17) is 4.74 Å². The van der Waals surface area contributed by atoms with E-state index in [2.05, 4.69) is 0 Å². The molecule has 1 rings (SSSR count). The SMILES string of the molecule is COCc1cccc(C)c1C=O. The molecule has 0 heterocycles. The molecule has 0 spiro atoms. The van der Waals surface area contributed by atoms with Gasteiger partial charge in [0.1, 0.15) is 0 Å². The zero-order valence-corrected chi connectivity index (χ0v) is 7.33. The first kappa shape index (κ1) is 8.94. The van der Waals surface area contributed by atoms with Gasteiger partial charge in [-0.3, -0.25) is 4.79 Å². The molecule has 1 aromatic carbocycles. The van der Waals surface area contributed by atoms with E-state index in [0.717, 1.165) is 23.0 Å². The fraction of sp³-hybridized carbons (Fsp3) is 0.300. The van der Waals surface area contributed by atoms with Gasteiger partial charge >= 0.3 is 0 Å². The molecule has 1 aromatic rings. The summed E-state index contributed by atoms with van der Waals surface area (Å²) in [5.41, 5.74) is 2.70. The topological polar surface area (TPSA) is 26.3 Å². The minimum Gasteiger partial charge on any atom is -0.380 e. The highest BCUT2D eigenvalue weighted by Gasteiger charge is 2.02. The van der Waals surface area contributed by atoms with Crippen molar-refractivity contribution < 1.29 is 9.53 Å². The van der Waals surface area contributed by atoms with Crippen LogP contribution in [0.1, 0.15) is 21.5 Å². The monoisotopic (exact) mass is 164 g/mol. The van der Waals surface area contributed by atoms with Crippen LogP contribution in [0, 0.1) is 6.92 Å². The average molecular weight is 164 g/mol. The summed E-state index contributed by atoms with van der Waals surface area (Å²) in [6, 6.07) is 5.75. The molecule has 0 aliphatic carbocycles. The Hall–Kier alpha value is -1.15. The number of methoxy groups -OCH3 is 1. The molecule has 0 N–H and O–H groups in total. The molecule has 0 unspecified atom stereocenters. The average Bonchev–Trinajstić information content (AvgIpc) is 2.05. The second-order valence-electron chi connectivity index (χ2n) is 2.70. The van der Waals surface area contributed by atoms with Crippen LogP contribution in [0.25, 0.3) is 0 Å². The van der Waals surface area contributed by atoms with Crippen molar-refractivity contribution in [1.82, 2.24) is 0 Å². The fourth-order valence-corrected chi connectivity index (χ4v) is 1.19. The van der Waals surface area contributed by atoms with Gasteiger partial charge in [0.25, 0.3) is 0 Å². The lowest BCUT2D eigenvalue weighted by Crippen LogP contribution is -1.96. The van der Waals surface area contributed by atoms with Gasteiger partial charge in [-0.15, -0.1) is 0 Å². The van der Waals surface area contributed by atoms with Crippen molar-refractivity contribution in [2.45, 2.75) is 13.5 Å². The van der Waals surface area contributed by atoms with Crippen LogP contribution in [-0.4, -0.2) is 13.4 Å². The Balaban J connectivity index is 3.09. The van der Waals surface area contributed by atoms with Crippen molar-refractivity contribution in [3.63, 3.8) is 0 Å². The predicted molar refractivity (Wildman–Crippen MR) is 47.3 cm³/mol. The Morgan fingerprint density at radius 2 is 2.25 bits per heavy atom. The van der Waals surface area contributed by atoms with Crippen LogP contribution in [0.4, 0.5) is 0 Å². The Kier molecular flexibility index (Phi) is 3.00. The maximum Gasteiger partial charge on any atom is 0.150 e. The van der Waals surface area contributed by atoms with Gasteiger partial charge in [0.2, 0.25) is 0 Å². The normalized spacial score (nSPS) is 9.83. The smallest absolute Gasteiger partial charge is 0.150 e. The molecule has 0 bridgehead atoms. The first-order valence-corrected chi connectivity index (χ1v) is 3.82. The van der Waals surface area contributed by atoms with E-state index < -0.39 is 0 Å². The molecule has 0 atom stereocenters. The summed E-state index contributed by atoms with van der Waals surface area (Å²) in [6.07, 6.45) is 0.879. The Labute approximate surface area is 72.2 Å². The molecule has 0 saturated heterocycles. The largest absolute Gasteiger partial charge is 0.380 e. The maximum atomic E-state index is 10.7. The standard InChI is InChI=1S/C10H12O2/c1-8-4-3-5-9(7-12-2)10(8)6-11/h3-6H,7H2,1-2H3. The van der Waals surface area contributed by atoms with E-state index in [1.54, 1.807) is 7.11 Å². The van der Waals surface area contributed by atoms with Crippen molar-refractivity contribution in [2.75, 3.05) is 7.11 Å². The molecule has 2 nitrogen and oxygen atoms in total. The van der Waals surface area contributed by atoms with Gasteiger partial charge in [-0.2, -0.15) is 0 Å². The number of ether oxygens (including phenoxy) is 1. The van der Waals surface area contributed by atoms with Crippen LogP contribution in [0.15, 0.2) is 18.2 Å². The first-order chi connectivity index (χ1) is 5.79. The van der Waals surface area contributed by atoms with Crippen molar-refractivity contribution in [1.29, 1.82) is 0 Å². The van der Waals surface area contributed by atoms with Crippen LogP contribution in [0.2, 0.25) is 0 Å². The lowest BCUT2D eigenvalue weighted by atomic mass is 10.0. The zero-order valence-electron chi connectivity index (χ0n) is 7.33. The third-order valence-corrected chi connectivity index (χ3v) is 1.83. The van der Waals surface area contributed by atoms with Crippen LogP contribution >= 0.6 is 0 Å². The molecule has 0 saturated carbocycles. The van der Waals surface area contributed by atoms with Gasteiger partial charge < -0.3 is 4.74 Å². The van der Waals surface area contributed by atoms with Gasteiger partial charge in [-0.25, -0.2) is 0 Å². The molecule has 0 radical (unpaired) electrons. The third-order valence-electron chi connectivity index (χ3n) is 1.83. The quantitative estimate of drug-likeness (QED) is 0.638. The lowest BCUT2D eigenvalue weighted by molar-refractivity contribution is 0.111. The molecule has 2 heteroatoms. The molecular weight excluding hydrogens is 152 g/mol. The van der Waals surface area contributed by atoms with Gasteiger partial charge in [0.15, 0.2) is 6.29 Å². The third kappa shape index (κ3) is 1.71. The Morgan fingerprint density at radius 3 is 2.83 bits per heavy atom. The number of carbonyl (C=O) groups is 1. The van der Waals surface area contributed by atoms with Crippen LogP contribution < -0.4 is 0 Å². The van der Waals surface area contributed by atoms with Crippen molar-refractivity contribution in [2.24, 2.45) is 0 Å².